The predicted molar refractivity (Wildman–Crippen MR) is 121 cm³/mol. The molecule has 0 aliphatic carbocycles. The largest absolute Gasteiger partial charge is 0.493 e. The van der Waals surface area contributed by atoms with Crippen LogP contribution >= 0.6 is 0 Å². The fraction of sp³-hybridized carbons (Fsp3) is 0.120. The number of benzene rings is 3. The first-order chi connectivity index (χ1) is 15.3. The maximum Gasteiger partial charge on any atom is 0.226 e. The summed E-state index contributed by atoms with van der Waals surface area (Å²) < 4.78 is 12.7. The Labute approximate surface area is 180 Å². The first kappa shape index (κ1) is 18.9. The Bertz CT molecular complexity index is 1230. The number of allylic oxidation sites excluding steroid dienone is 1. The Morgan fingerprint density at radius 3 is 2.26 bits per heavy atom. The van der Waals surface area contributed by atoms with Gasteiger partial charge < -0.3 is 14.8 Å². The standard InChI is InChI=1S/C25H22N4O2/c1-30-23-13-12-20(14-24(23)31-2)22-15-21(28-25-26-16-27-29(22)25)19-10-8-18(9-11-19)17-6-4-3-5-7-17/h3-16,22H,1-2H3,(H,26,27,28). The summed E-state index contributed by atoms with van der Waals surface area (Å²) in [6.07, 6.45) is 3.71. The molecule has 1 N–H and O–H groups in total. The first-order valence-electron chi connectivity index (χ1n) is 10.0. The second kappa shape index (κ2) is 7.99. The molecule has 3 aromatic carbocycles. The third-order valence-electron chi connectivity index (χ3n) is 5.46. The van der Waals surface area contributed by atoms with Crippen LogP contribution in [0.4, 0.5) is 5.95 Å². The van der Waals surface area contributed by atoms with Crippen LogP contribution in [0.15, 0.2) is 85.2 Å². The minimum atomic E-state index is -0.123. The number of ether oxygens (including phenoxy) is 2. The van der Waals surface area contributed by atoms with E-state index >= 15 is 0 Å². The van der Waals surface area contributed by atoms with E-state index in [0.717, 1.165) is 16.8 Å². The van der Waals surface area contributed by atoms with Gasteiger partial charge in [-0.05, 0) is 40.5 Å². The summed E-state index contributed by atoms with van der Waals surface area (Å²) in [7, 11) is 3.27. The Balaban J connectivity index is 1.52. The van der Waals surface area contributed by atoms with Crippen molar-refractivity contribution in [2.45, 2.75) is 6.04 Å². The van der Waals surface area contributed by atoms with Crippen molar-refractivity contribution in [1.29, 1.82) is 0 Å². The minimum Gasteiger partial charge on any atom is -0.493 e. The lowest BCUT2D eigenvalue weighted by atomic mass is 9.99. The number of nitrogens with zero attached hydrogens (tertiary/aromatic N) is 3. The topological polar surface area (TPSA) is 61.2 Å². The van der Waals surface area contributed by atoms with Crippen LogP contribution in [0.2, 0.25) is 0 Å². The number of methoxy groups -OCH3 is 2. The summed E-state index contributed by atoms with van der Waals surface area (Å²) in [6.45, 7) is 0. The van der Waals surface area contributed by atoms with E-state index in [4.69, 9.17) is 9.47 Å². The predicted octanol–water partition coefficient (Wildman–Crippen LogP) is 5.02. The van der Waals surface area contributed by atoms with Crippen molar-refractivity contribution in [3.63, 3.8) is 0 Å². The van der Waals surface area contributed by atoms with Crippen LogP contribution in [0.25, 0.3) is 16.8 Å². The third kappa shape index (κ3) is 3.53. The van der Waals surface area contributed by atoms with Gasteiger partial charge in [0.05, 0.1) is 14.2 Å². The summed E-state index contributed by atoms with van der Waals surface area (Å²) in [5.41, 5.74) is 5.48. The molecule has 1 unspecified atom stereocenters. The SMILES string of the molecule is COc1ccc(C2C=C(c3ccc(-c4ccccc4)cc3)Nc3ncnn32)cc1OC. The van der Waals surface area contributed by atoms with Crippen molar-refractivity contribution >= 4 is 11.6 Å². The number of nitrogens with one attached hydrogen (secondary N) is 1. The van der Waals surface area contributed by atoms with Crippen molar-refractivity contribution in [2.75, 3.05) is 19.5 Å². The molecule has 154 valence electrons. The summed E-state index contributed by atoms with van der Waals surface area (Å²) in [5, 5.41) is 7.82. The van der Waals surface area contributed by atoms with Gasteiger partial charge in [0.2, 0.25) is 5.95 Å². The van der Waals surface area contributed by atoms with Crippen LogP contribution in [0.3, 0.4) is 0 Å². The van der Waals surface area contributed by atoms with E-state index in [9.17, 15) is 0 Å². The first-order valence-corrected chi connectivity index (χ1v) is 10.0. The van der Waals surface area contributed by atoms with Crippen molar-refractivity contribution in [1.82, 2.24) is 14.8 Å². The molecule has 0 amide bonds. The second-order valence-electron chi connectivity index (χ2n) is 7.24. The average molecular weight is 410 g/mol. The average Bonchev–Trinajstić information content (AvgIpc) is 3.32. The van der Waals surface area contributed by atoms with E-state index < -0.39 is 0 Å². The summed E-state index contributed by atoms with van der Waals surface area (Å²) in [6, 6.07) is 24.7. The zero-order valence-corrected chi connectivity index (χ0v) is 17.3. The van der Waals surface area contributed by atoms with Gasteiger partial charge in [0.15, 0.2) is 11.5 Å². The molecule has 0 fully saturated rings. The van der Waals surface area contributed by atoms with Crippen LogP contribution < -0.4 is 14.8 Å². The van der Waals surface area contributed by atoms with Crippen LogP contribution in [0.1, 0.15) is 17.2 Å². The molecule has 0 spiro atoms. The molecule has 2 heterocycles. The smallest absolute Gasteiger partial charge is 0.226 e. The van der Waals surface area contributed by atoms with E-state index in [1.165, 1.54) is 11.1 Å². The van der Waals surface area contributed by atoms with Crippen LogP contribution in [0, 0.1) is 0 Å². The van der Waals surface area contributed by atoms with Gasteiger partial charge in [-0.25, -0.2) is 4.68 Å². The molecule has 0 radical (unpaired) electrons. The highest BCUT2D eigenvalue weighted by molar-refractivity contribution is 5.78. The molecule has 0 saturated heterocycles. The normalized spacial score (nSPS) is 14.9. The third-order valence-corrected chi connectivity index (χ3v) is 5.46. The molecule has 1 aromatic heterocycles. The number of anilines is 1. The van der Waals surface area contributed by atoms with Gasteiger partial charge in [0.1, 0.15) is 12.4 Å². The molecule has 4 aromatic rings. The van der Waals surface area contributed by atoms with Crippen LogP contribution in [0.5, 0.6) is 11.5 Å². The second-order valence-corrected chi connectivity index (χ2v) is 7.24. The van der Waals surface area contributed by atoms with Gasteiger partial charge in [0, 0.05) is 5.70 Å². The monoisotopic (exact) mass is 410 g/mol. The van der Waals surface area contributed by atoms with Crippen molar-refractivity contribution < 1.29 is 9.47 Å². The number of aromatic nitrogens is 3. The molecule has 1 atom stereocenters. The van der Waals surface area contributed by atoms with Gasteiger partial charge >= 0.3 is 0 Å². The lowest BCUT2D eigenvalue weighted by molar-refractivity contribution is 0.354. The van der Waals surface area contributed by atoms with Gasteiger partial charge in [-0.15, -0.1) is 0 Å². The maximum atomic E-state index is 5.50. The number of fused-ring (bicyclic) bond motifs is 1. The molecule has 5 rings (SSSR count). The Kier molecular flexibility index (Phi) is 4.88. The lowest BCUT2D eigenvalue weighted by Crippen LogP contribution is -2.20. The van der Waals surface area contributed by atoms with Crippen LogP contribution in [-0.2, 0) is 0 Å². The Morgan fingerprint density at radius 1 is 0.806 bits per heavy atom. The minimum absolute atomic E-state index is 0.123. The molecule has 1 aliphatic heterocycles. The Morgan fingerprint density at radius 2 is 1.52 bits per heavy atom. The molecule has 1 aliphatic rings. The fourth-order valence-electron chi connectivity index (χ4n) is 3.85. The van der Waals surface area contributed by atoms with Crippen molar-refractivity contribution in [3.05, 3.63) is 96.3 Å². The van der Waals surface area contributed by atoms with E-state index in [1.54, 1.807) is 20.5 Å². The molecule has 6 heteroatoms. The van der Waals surface area contributed by atoms with Gasteiger partial charge in [0.25, 0.3) is 0 Å². The molecular formula is C25H22N4O2. The van der Waals surface area contributed by atoms with Gasteiger partial charge in [-0.1, -0.05) is 60.7 Å². The summed E-state index contributed by atoms with van der Waals surface area (Å²) in [5.74, 6) is 2.08. The van der Waals surface area contributed by atoms with Gasteiger partial charge in [-0.2, -0.15) is 10.1 Å². The summed E-state index contributed by atoms with van der Waals surface area (Å²) >= 11 is 0. The molecule has 0 bridgehead atoms. The molecule has 6 nitrogen and oxygen atoms in total. The summed E-state index contributed by atoms with van der Waals surface area (Å²) in [4.78, 5) is 4.39. The van der Waals surface area contributed by atoms with E-state index in [2.05, 4.69) is 70.0 Å². The quantitative estimate of drug-likeness (QED) is 0.501. The van der Waals surface area contributed by atoms with E-state index in [-0.39, 0.29) is 6.04 Å². The molecular weight excluding hydrogens is 388 g/mol. The van der Waals surface area contributed by atoms with E-state index in [0.29, 0.717) is 17.4 Å². The van der Waals surface area contributed by atoms with Crippen molar-refractivity contribution in [3.8, 4) is 22.6 Å². The highest BCUT2D eigenvalue weighted by Gasteiger charge is 2.24. The number of rotatable bonds is 5. The highest BCUT2D eigenvalue weighted by atomic mass is 16.5. The van der Waals surface area contributed by atoms with E-state index in [1.807, 2.05) is 28.9 Å². The lowest BCUT2D eigenvalue weighted by Gasteiger charge is -2.25. The maximum absolute atomic E-state index is 5.50. The zero-order chi connectivity index (χ0) is 21.2. The molecule has 0 saturated carbocycles. The van der Waals surface area contributed by atoms with Crippen LogP contribution in [-0.4, -0.2) is 29.0 Å². The van der Waals surface area contributed by atoms with Gasteiger partial charge in [-0.3, -0.25) is 0 Å². The zero-order valence-electron chi connectivity index (χ0n) is 17.3. The number of hydrogen-bond acceptors (Lipinski definition) is 5. The molecule has 31 heavy (non-hydrogen) atoms. The number of hydrogen-bond donors (Lipinski definition) is 1. The highest BCUT2D eigenvalue weighted by Crippen LogP contribution is 2.36. The fourth-order valence-corrected chi connectivity index (χ4v) is 3.85. The Hall–Kier alpha value is -4.06. The van der Waals surface area contributed by atoms with Crippen molar-refractivity contribution in [2.24, 2.45) is 0 Å².